The van der Waals surface area contributed by atoms with E-state index in [1.165, 1.54) is 12.1 Å². The largest absolute Gasteiger partial charge is 0.573 e. The van der Waals surface area contributed by atoms with Crippen LogP contribution in [0, 0.1) is 0 Å². The van der Waals surface area contributed by atoms with Crippen molar-refractivity contribution < 1.29 is 27.8 Å². The fourth-order valence-electron chi connectivity index (χ4n) is 2.10. The number of aliphatic carboxylic acids is 1. The monoisotopic (exact) mass is 303 g/mol. The molecule has 1 aromatic carbocycles. The number of alkyl halides is 3. The zero-order chi connectivity index (χ0) is 15.5. The Morgan fingerprint density at radius 1 is 1.29 bits per heavy atom. The first kappa shape index (κ1) is 15.6. The molecule has 0 radical (unpaired) electrons. The van der Waals surface area contributed by atoms with Crippen LogP contribution in [-0.4, -0.2) is 34.9 Å². The van der Waals surface area contributed by atoms with E-state index in [4.69, 9.17) is 5.11 Å². The predicted molar refractivity (Wildman–Crippen MR) is 68.8 cm³/mol. The maximum absolute atomic E-state index is 12.1. The van der Waals surface area contributed by atoms with E-state index < -0.39 is 12.3 Å². The lowest BCUT2D eigenvalue weighted by Gasteiger charge is -2.21. The number of rotatable bonds is 7. The first-order valence-corrected chi connectivity index (χ1v) is 6.64. The Bertz CT molecular complexity index is 483. The molecule has 4 nitrogen and oxygen atoms in total. The first-order valence-electron chi connectivity index (χ1n) is 6.64. The number of hydrogen-bond acceptors (Lipinski definition) is 3. The molecule has 0 amide bonds. The molecule has 0 unspecified atom stereocenters. The summed E-state index contributed by atoms with van der Waals surface area (Å²) in [6.45, 7) is 0.977. The highest BCUT2D eigenvalue weighted by Crippen LogP contribution is 2.29. The summed E-state index contributed by atoms with van der Waals surface area (Å²) in [5.41, 5.74) is 0.835. The van der Waals surface area contributed by atoms with Gasteiger partial charge in [-0.3, -0.25) is 9.69 Å². The Balaban J connectivity index is 1.92. The van der Waals surface area contributed by atoms with Gasteiger partial charge in [-0.25, -0.2) is 0 Å². The molecular formula is C14H16F3NO3. The van der Waals surface area contributed by atoms with Gasteiger partial charge in [-0.2, -0.15) is 0 Å². The van der Waals surface area contributed by atoms with Crippen molar-refractivity contribution in [3.8, 4) is 5.75 Å². The van der Waals surface area contributed by atoms with Crippen LogP contribution in [0.2, 0.25) is 0 Å². The average Bonchev–Trinajstić information content (AvgIpc) is 3.18. The van der Waals surface area contributed by atoms with Crippen LogP contribution in [0.3, 0.4) is 0 Å². The van der Waals surface area contributed by atoms with Crippen molar-refractivity contribution in [3.05, 3.63) is 29.8 Å². The van der Waals surface area contributed by atoms with Crippen molar-refractivity contribution in [3.63, 3.8) is 0 Å². The number of halogens is 3. The van der Waals surface area contributed by atoms with Gasteiger partial charge in [-0.05, 0) is 30.5 Å². The molecule has 0 saturated heterocycles. The van der Waals surface area contributed by atoms with Crippen LogP contribution in [0.15, 0.2) is 24.3 Å². The van der Waals surface area contributed by atoms with E-state index in [0.29, 0.717) is 19.1 Å². The average molecular weight is 303 g/mol. The Morgan fingerprint density at radius 3 is 2.38 bits per heavy atom. The topological polar surface area (TPSA) is 49.8 Å². The fourth-order valence-corrected chi connectivity index (χ4v) is 2.10. The summed E-state index contributed by atoms with van der Waals surface area (Å²) in [5, 5.41) is 8.73. The van der Waals surface area contributed by atoms with E-state index in [0.717, 1.165) is 18.4 Å². The lowest BCUT2D eigenvalue weighted by Crippen LogP contribution is -2.28. The van der Waals surface area contributed by atoms with Gasteiger partial charge in [0.2, 0.25) is 0 Å². The highest BCUT2D eigenvalue weighted by Gasteiger charge is 2.31. The Morgan fingerprint density at radius 2 is 1.90 bits per heavy atom. The summed E-state index contributed by atoms with van der Waals surface area (Å²) < 4.78 is 40.0. The van der Waals surface area contributed by atoms with Crippen molar-refractivity contribution in [2.75, 3.05) is 6.54 Å². The molecule has 7 heteroatoms. The zero-order valence-electron chi connectivity index (χ0n) is 11.3. The van der Waals surface area contributed by atoms with Gasteiger partial charge >= 0.3 is 12.3 Å². The molecule has 2 rings (SSSR count). The number of carboxylic acids is 1. The normalized spacial score (nSPS) is 15.2. The van der Waals surface area contributed by atoms with Crippen LogP contribution in [0.5, 0.6) is 5.75 Å². The summed E-state index contributed by atoms with van der Waals surface area (Å²) in [4.78, 5) is 12.7. The van der Waals surface area contributed by atoms with Gasteiger partial charge in [0.1, 0.15) is 5.75 Å². The molecule has 0 aromatic heterocycles. The summed E-state index contributed by atoms with van der Waals surface area (Å²) in [6.07, 6.45) is -2.56. The lowest BCUT2D eigenvalue weighted by molar-refractivity contribution is -0.274. The molecule has 0 spiro atoms. The third kappa shape index (κ3) is 5.63. The third-order valence-corrected chi connectivity index (χ3v) is 3.22. The van der Waals surface area contributed by atoms with E-state index >= 15 is 0 Å². The molecule has 0 bridgehead atoms. The van der Waals surface area contributed by atoms with E-state index in [1.54, 1.807) is 12.1 Å². The highest BCUT2D eigenvalue weighted by atomic mass is 19.4. The molecule has 21 heavy (non-hydrogen) atoms. The number of carbonyl (C=O) groups is 1. The minimum absolute atomic E-state index is 0.0613. The van der Waals surface area contributed by atoms with Gasteiger partial charge in [-0.1, -0.05) is 12.1 Å². The third-order valence-electron chi connectivity index (χ3n) is 3.22. The Hall–Kier alpha value is -1.76. The molecule has 0 heterocycles. The molecule has 1 fully saturated rings. The molecule has 116 valence electrons. The van der Waals surface area contributed by atoms with Crippen molar-refractivity contribution >= 4 is 5.97 Å². The number of hydrogen-bond donors (Lipinski definition) is 1. The zero-order valence-corrected chi connectivity index (χ0v) is 11.3. The summed E-state index contributed by atoms with van der Waals surface area (Å²) in [5.74, 6) is -1.11. The van der Waals surface area contributed by atoms with Crippen LogP contribution in [0.1, 0.15) is 24.8 Å². The van der Waals surface area contributed by atoms with E-state index in [1.807, 2.05) is 4.90 Å². The number of benzene rings is 1. The second-order valence-electron chi connectivity index (χ2n) is 5.04. The molecule has 1 aromatic rings. The molecular weight excluding hydrogens is 287 g/mol. The van der Waals surface area contributed by atoms with Crippen LogP contribution >= 0.6 is 0 Å². The van der Waals surface area contributed by atoms with Gasteiger partial charge < -0.3 is 9.84 Å². The summed E-state index contributed by atoms with van der Waals surface area (Å²) in [6, 6.07) is 6.06. The molecule has 0 atom stereocenters. The maximum atomic E-state index is 12.1. The van der Waals surface area contributed by atoms with Crippen molar-refractivity contribution in [1.29, 1.82) is 0 Å². The van der Waals surface area contributed by atoms with Gasteiger partial charge in [0, 0.05) is 19.1 Å². The van der Waals surface area contributed by atoms with Gasteiger partial charge in [-0.15, -0.1) is 13.2 Å². The van der Waals surface area contributed by atoms with Gasteiger partial charge in [0.05, 0.1) is 6.42 Å². The standard InChI is InChI=1S/C14H16F3NO3/c15-14(16,17)21-12-5-1-10(2-6-12)9-18(11-3-4-11)8-7-13(19)20/h1-2,5-6,11H,3-4,7-9H2,(H,19,20). The molecule has 1 N–H and O–H groups in total. The second kappa shape index (κ2) is 6.34. The van der Waals surface area contributed by atoms with Crippen LogP contribution < -0.4 is 4.74 Å². The second-order valence-corrected chi connectivity index (χ2v) is 5.04. The van der Waals surface area contributed by atoms with Crippen LogP contribution in [-0.2, 0) is 11.3 Å². The predicted octanol–water partition coefficient (Wildman–Crippen LogP) is 3.02. The SMILES string of the molecule is O=C(O)CCN(Cc1ccc(OC(F)(F)F)cc1)C1CC1. The lowest BCUT2D eigenvalue weighted by atomic mass is 10.2. The molecule has 1 aliphatic carbocycles. The minimum atomic E-state index is -4.69. The first-order chi connectivity index (χ1) is 9.83. The van der Waals surface area contributed by atoms with Crippen molar-refractivity contribution in [2.45, 2.75) is 38.2 Å². The Kier molecular flexibility index (Phi) is 4.72. The summed E-state index contributed by atoms with van der Waals surface area (Å²) in [7, 11) is 0. The van der Waals surface area contributed by atoms with Crippen LogP contribution in [0.25, 0.3) is 0 Å². The van der Waals surface area contributed by atoms with Crippen LogP contribution in [0.4, 0.5) is 13.2 Å². The summed E-state index contributed by atoms with van der Waals surface area (Å²) >= 11 is 0. The van der Waals surface area contributed by atoms with E-state index in [2.05, 4.69) is 4.74 Å². The van der Waals surface area contributed by atoms with Gasteiger partial charge in [0.25, 0.3) is 0 Å². The van der Waals surface area contributed by atoms with Crippen molar-refractivity contribution in [1.82, 2.24) is 4.90 Å². The fraction of sp³-hybridized carbons (Fsp3) is 0.500. The number of nitrogens with zero attached hydrogens (tertiary/aromatic N) is 1. The quantitative estimate of drug-likeness (QED) is 0.841. The maximum Gasteiger partial charge on any atom is 0.573 e. The number of ether oxygens (including phenoxy) is 1. The van der Waals surface area contributed by atoms with E-state index in [-0.39, 0.29) is 12.2 Å². The number of carboxylic acid groups (broad SMARTS) is 1. The smallest absolute Gasteiger partial charge is 0.481 e. The molecule has 1 saturated carbocycles. The molecule has 1 aliphatic rings. The minimum Gasteiger partial charge on any atom is -0.481 e. The van der Waals surface area contributed by atoms with Crippen molar-refractivity contribution in [2.24, 2.45) is 0 Å². The van der Waals surface area contributed by atoms with E-state index in [9.17, 15) is 18.0 Å². The van der Waals surface area contributed by atoms with Gasteiger partial charge in [0.15, 0.2) is 0 Å². The molecule has 0 aliphatic heterocycles. The Labute approximate surface area is 120 Å². The highest BCUT2D eigenvalue weighted by molar-refractivity contribution is 5.66.